The van der Waals surface area contributed by atoms with Crippen molar-refractivity contribution in [3.63, 3.8) is 0 Å². The van der Waals surface area contributed by atoms with Crippen LogP contribution in [0, 0.1) is 0 Å². The number of amides is 2. The monoisotopic (exact) mass is 351 g/mol. The van der Waals surface area contributed by atoms with Gasteiger partial charge in [-0.25, -0.2) is 0 Å². The van der Waals surface area contributed by atoms with Gasteiger partial charge in [-0.1, -0.05) is 54.6 Å². The van der Waals surface area contributed by atoms with Crippen molar-refractivity contribution in [3.05, 3.63) is 71.3 Å². The first-order chi connectivity index (χ1) is 12.5. The van der Waals surface area contributed by atoms with Crippen molar-refractivity contribution in [3.8, 4) is 0 Å². The third-order valence-corrected chi connectivity index (χ3v) is 4.81. The van der Waals surface area contributed by atoms with Gasteiger partial charge in [0, 0.05) is 6.54 Å². The second-order valence-corrected chi connectivity index (χ2v) is 6.78. The van der Waals surface area contributed by atoms with Crippen LogP contribution in [0.15, 0.2) is 54.6 Å². The summed E-state index contributed by atoms with van der Waals surface area (Å²) < 4.78 is 0. The van der Waals surface area contributed by atoms with Gasteiger partial charge in [0.25, 0.3) is 0 Å². The molecule has 1 aliphatic heterocycles. The van der Waals surface area contributed by atoms with Crippen molar-refractivity contribution in [2.24, 2.45) is 0 Å². The van der Waals surface area contributed by atoms with E-state index in [9.17, 15) is 9.59 Å². The molecule has 0 fully saturated rings. The van der Waals surface area contributed by atoms with Crippen LogP contribution >= 0.6 is 0 Å². The fourth-order valence-electron chi connectivity index (χ4n) is 3.18. The molecule has 0 bridgehead atoms. The topological polar surface area (TPSA) is 70.2 Å². The predicted molar refractivity (Wildman–Crippen MR) is 101 cm³/mol. The maximum atomic E-state index is 12.5. The van der Waals surface area contributed by atoms with Gasteiger partial charge in [0.2, 0.25) is 11.8 Å². The summed E-state index contributed by atoms with van der Waals surface area (Å²) in [5.74, 6) is -0.333. The zero-order valence-corrected chi connectivity index (χ0v) is 15.2. The quantitative estimate of drug-likeness (QED) is 0.772. The number of hydrogen-bond acceptors (Lipinski definition) is 3. The molecule has 0 aliphatic carbocycles. The van der Waals surface area contributed by atoms with Crippen LogP contribution in [-0.4, -0.2) is 23.9 Å². The van der Waals surface area contributed by atoms with Crippen molar-refractivity contribution in [2.75, 3.05) is 0 Å². The normalized spacial score (nSPS) is 18.3. The number of carbonyl (C=O) groups excluding carboxylic acids is 2. The van der Waals surface area contributed by atoms with Crippen LogP contribution in [0.4, 0.5) is 0 Å². The van der Waals surface area contributed by atoms with E-state index >= 15 is 0 Å². The molecule has 0 spiro atoms. The average molecular weight is 351 g/mol. The Morgan fingerprint density at radius 3 is 2.35 bits per heavy atom. The average Bonchev–Trinajstić information content (AvgIpc) is 2.68. The Morgan fingerprint density at radius 2 is 1.62 bits per heavy atom. The maximum Gasteiger partial charge on any atom is 0.242 e. The smallest absolute Gasteiger partial charge is 0.242 e. The van der Waals surface area contributed by atoms with Gasteiger partial charge >= 0.3 is 0 Å². The van der Waals surface area contributed by atoms with E-state index in [1.165, 1.54) is 11.1 Å². The van der Waals surface area contributed by atoms with Crippen molar-refractivity contribution in [2.45, 2.75) is 44.9 Å². The zero-order valence-electron chi connectivity index (χ0n) is 15.2. The largest absolute Gasteiger partial charge is 0.348 e. The van der Waals surface area contributed by atoms with Gasteiger partial charge in [0.15, 0.2) is 0 Å². The first kappa shape index (κ1) is 18.1. The standard InChI is InChI=1S/C21H25N3O2/c1-14(16-8-4-3-5-9-16)23-20(25)15(2)24-21(26)19-12-17-10-6-7-11-18(17)13-22-19/h3-11,14-15,19,22H,12-13H2,1-2H3,(H,23,25)(H,24,26)/t14-,15-,19+/m1/s1. The second kappa shape index (κ2) is 8.15. The Labute approximate surface area is 154 Å². The first-order valence-electron chi connectivity index (χ1n) is 9.00. The van der Waals surface area contributed by atoms with Gasteiger partial charge in [-0.2, -0.15) is 0 Å². The molecule has 5 nitrogen and oxygen atoms in total. The molecule has 26 heavy (non-hydrogen) atoms. The van der Waals surface area contributed by atoms with Crippen molar-refractivity contribution >= 4 is 11.8 Å². The summed E-state index contributed by atoms with van der Waals surface area (Å²) in [6, 6.07) is 16.9. The highest BCUT2D eigenvalue weighted by atomic mass is 16.2. The van der Waals surface area contributed by atoms with E-state index in [-0.39, 0.29) is 23.9 Å². The second-order valence-electron chi connectivity index (χ2n) is 6.78. The lowest BCUT2D eigenvalue weighted by Gasteiger charge is -2.27. The molecule has 0 saturated carbocycles. The fraction of sp³-hybridized carbons (Fsp3) is 0.333. The van der Waals surface area contributed by atoms with Crippen LogP contribution in [0.2, 0.25) is 0 Å². The molecule has 0 saturated heterocycles. The number of fused-ring (bicyclic) bond motifs is 1. The molecular formula is C21H25N3O2. The number of carbonyl (C=O) groups is 2. The lowest BCUT2D eigenvalue weighted by molar-refractivity contribution is -0.130. The summed E-state index contributed by atoms with van der Waals surface area (Å²) in [5.41, 5.74) is 3.44. The van der Waals surface area contributed by atoms with E-state index in [4.69, 9.17) is 0 Å². The van der Waals surface area contributed by atoms with Crippen LogP contribution in [0.3, 0.4) is 0 Å². The summed E-state index contributed by atoms with van der Waals surface area (Å²) in [5, 5.41) is 9.01. The lowest BCUT2D eigenvalue weighted by Crippen LogP contribution is -2.53. The number of hydrogen-bond donors (Lipinski definition) is 3. The SMILES string of the molecule is C[C@@H](NC(=O)[C@@H]1Cc2ccccc2CN1)C(=O)N[C@H](C)c1ccccc1. The Bertz CT molecular complexity index is 776. The minimum atomic E-state index is -0.590. The van der Waals surface area contributed by atoms with Crippen molar-refractivity contribution in [1.82, 2.24) is 16.0 Å². The molecule has 2 amide bonds. The highest BCUT2D eigenvalue weighted by Gasteiger charge is 2.26. The van der Waals surface area contributed by atoms with E-state index in [1.807, 2.05) is 55.5 Å². The van der Waals surface area contributed by atoms with Gasteiger partial charge in [-0.15, -0.1) is 0 Å². The third kappa shape index (κ3) is 4.29. The highest BCUT2D eigenvalue weighted by molar-refractivity contribution is 5.90. The molecule has 0 aromatic heterocycles. The summed E-state index contributed by atoms with van der Waals surface area (Å²) in [7, 11) is 0. The molecule has 5 heteroatoms. The van der Waals surface area contributed by atoms with Crippen LogP contribution < -0.4 is 16.0 Å². The highest BCUT2D eigenvalue weighted by Crippen LogP contribution is 2.16. The molecule has 3 N–H and O–H groups in total. The number of benzene rings is 2. The minimum absolute atomic E-state index is 0.109. The van der Waals surface area contributed by atoms with Gasteiger partial charge < -0.3 is 16.0 Å². The van der Waals surface area contributed by atoms with Crippen molar-refractivity contribution < 1.29 is 9.59 Å². The van der Waals surface area contributed by atoms with Crippen LogP contribution in [0.1, 0.15) is 36.6 Å². The van der Waals surface area contributed by atoms with Crippen molar-refractivity contribution in [1.29, 1.82) is 0 Å². The van der Waals surface area contributed by atoms with E-state index < -0.39 is 6.04 Å². The molecule has 3 rings (SSSR count). The van der Waals surface area contributed by atoms with Gasteiger partial charge in [-0.05, 0) is 37.0 Å². The number of rotatable bonds is 5. The summed E-state index contributed by atoms with van der Waals surface area (Å²) in [6.45, 7) is 4.31. The summed E-state index contributed by atoms with van der Waals surface area (Å²) >= 11 is 0. The Hall–Kier alpha value is -2.66. The van der Waals surface area contributed by atoms with E-state index in [1.54, 1.807) is 6.92 Å². The van der Waals surface area contributed by atoms with Gasteiger partial charge in [0.05, 0.1) is 12.1 Å². The van der Waals surface area contributed by atoms with Gasteiger partial charge in [-0.3, -0.25) is 9.59 Å². The molecule has 0 radical (unpaired) electrons. The van der Waals surface area contributed by atoms with Crippen LogP contribution in [-0.2, 0) is 22.6 Å². The lowest BCUT2D eigenvalue weighted by atomic mass is 9.95. The van der Waals surface area contributed by atoms with Crippen LogP contribution in [0.25, 0.3) is 0 Å². The maximum absolute atomic E-state index is 12.5. The van der Waals surface area contributed by atoms with Crippen LogP contribution in [0.5, 0.6) is 0 Å². The zero-order chi connectivity index (χ0) is 18.5. The molecular weight excluding hydrogens is 326 g/mol. The van der Waals surface area contributed by atoms with E-state index in [0.717, 1.165) is 5.56 Å². The first-order valence-corrected chi connectivity index (χ1v) is 9.00. The Morgan fingerprint density at radius 1 is 0.962 bits per heavy atom. The summed E-state index contributed by atoms with van der Waals surface area (Å²) in [4.78, 5) is 24.9. The minimum Gasteiger partial charge on any atom is -0.348 e. The summed E-state index contributed by atoms with van der Waals surface area (Å²) in [6.07, 6.45) is 0.636. The number of nitrogens with one attached hydrogen (secondary N) is 3. The molecule has 136 valence electrons. The molecule has 1 heterocycles. The predicted octanol–water partition coefficient (Wildman–Crippen LogP) is 2.08. The van der Waals surface area contributed by atoms with E-state index in [0.29, 0.717) is 13.0 Å². The Kier molecular flexibility index (Phi) is 5.68. The molecule has 1 aliphatic rings. The van der Waals surface area contributed by atoms with E-state index in [2.05, 4.69) is 22.0 Å². The molecule has 2 aromatic carbocycles. The molecule has 3 atom stereocenters. The molecule has 2 aromatic rings. The Balaban J connectivity index is 1.53. The molecule has 0 unspecified atom stereocenters. The third-order valence-electron chi connectivity index (χ3n) is 4.81. The van der Waals surface area contributed by atoms with Gasteiger partial charge in [0.1, 0.15) is 6.04 Å². The fourth-order valence-corrected chi connectivity index (χ4v) is 3.18.